The summed E-state index contributed by atoms with van der Waals surface area (Å²) in [5.41, 5.74) is 0.659. The van der Waals surface area contributed by atoms with Gasteiger partial charge in [-0.2, -0.15) is 0 Å². The van der Waals surface area contributed by atoms with E-state index in [4.69, 9.17) is 5.14 Å². The number of benzene rings is 1. The zero-order chi connectivity index (χ0) is 16.0. The van der Waals surface area contributed by atoms with Crippen molar-refractivity contribution in [1.82, 2.24) is 10.6 Å². The molecule has 0 saturated carbocycles. The highest BCUT2D eigenvalue weighted by atomic mass is 32.2. The van der Waals surface area contributed by atoms with Crippen LogP contribution in [-0.4, -0.2) is 26.3 Å². The van der Waals surface area contributed by atoms with Gasteiger partial charge in [-0.1, -0.05) is 19.1 Å². The Hall–Kier alpha value is -1.93. The van der Waals surface area contributed by atoms with Crippen molar-refractivity contribution in [2.24, 2.45) is 5.14 Å². The first kappa shape index (κ1) is 17.1. The molecule has 0 saturated heterocycles. The lowest BCUT2D eigenvalue weighted by atomic mass is 10.2. The molecule has 1 unspecified atom stereocenters. The van der Waals surface area contributed by atoms with Gasteiger partial charge in [0.2, 0.25) is 10.0 Å². The van der Waals surface area contributed by atoms with E-state index in [2.05, 4.69) is 10.6 Å². The quantitative estimate of drug-likeness (QED) is 0.656. The van der Waals surface area contributed by atoms with Crippen LogP contribution in [0, 0.1) is 0 Å². The van der Waals surface area contributed by atoms with Crippen LogP contribution in [0.25, 0.3) is 0 Å². The van der Waals surface area contributed by atoms with Crippen molar-refractivity contribution in [1.29, 1.82) is 0 Å². The van der Waals surface area contributed by atoms with Crippen molar-refractivity contribution in [2.45, 2.75) is 37.8 Å². The molecule has 0 aromatic heterocycles. The maximum absolute atomic E-state index is 11.6. The Kier molecular flexibility index (Phi) is 5.86. The molecule has 0 aliphatic heterocycles. The van der Waals surface area contributed by atoms with Gasteiger partial charge in [0, 0.05) is 12.6 Å². The monoisotopic (exact) mass is 313 g/mol. The van der Waals surface area contributed by atoms with E-state index in [0.29, 0.717) is 5.56 Å². The average molecular weight is 313 g/mol. The normalized spacial score (nSPS) is 12.5. The van der Waals surface area contributed by atoms with E-state index in [1.165, 1.54) is 24.3 Å². The highest BCUT2D eigenvalue weighted by Gasteiger charge is 2.15. The SMILES string of the molecule is CCC(C)NC(=O)C(=O)NCc1ccc(S(N)(=O)=O)cc1. The van der Waals surface area contributed by atoms with Gasteiger partial charge in [-0.05, 0) is 31.0 Å². The Labute approximate surface area is 124 Å². The Bertz CT molecular complexity index is 611. The summed E-state index contributed by atoms with van der Waals surface area (Å²) in [6, 6.07) is 5.66. The van der Waals surface area contributed by atoms with Gasteiger partial charge < -0.3 is 10.6 Å². The van der Waals surface area contributed by atoms with Crippen molar-refractivity contribution in [3.05, 3.63) is 29.8 Å². The van der Waals surface area contributed by atoms with Crippen LogP contribution >= 0.6 is 0 Å². The molecule has 0 fully saturated rings. The Morgan fingerprint density at radius 1 is 1.19 bits per heavy atom. The van der Waals surface area contributed by atoms with Gasteiger partial charge in [-0.25, -0.2) is 13.6 Å². The standard InChI is InChI=1S/C13H19N3O4S/c1-3-9(2)16-13(18)12(17)15-8-10-4-6-11(7-5-10)21(14,19)20/h4-7,9H,3,8H2,1-2H3,(H,15,17)(H,16,18)(H2,14,19,20). The van der Waals surface area contributed by atoms with Crippen LogP contribution in [0.5, 0.6) is 0 Å². The molecule has 116 valence electrons. The smallest absolute Gasteiger partial charge is 0.309 e. The van der Waals surface area contributed by atoms with Crippen molar-refractivity contribution in [2.75, 3.05) is 0 Å². The van der Waals surface area contributed by atoms with Crippen molar-refractivity contribution < 1.29 is 18.0 Å². The summed E-state index contributed by atoms with van der Waals surface area (Å²) in [6.07, 6.45) is 0.730. The lowest BCUT2D eigenvalue weighted by molar-refractivity contribution is -0.139. The molecule has 1 aromatic rings. The molecule has 7 nitrogen and oxygen atoms in total. The minimum absolute atomic E-state index is 0.00732. The van der Waals surface area contributed by atoms with Gasteiger partial charge in [-0.15, -0.1) is 0 Å². The third kappa shape index (κ3) is 5.52. The van der Waals surface area contributed by atoms with Gasteiger partial charge >= 0.3 is 11.8 Å². The largest absolute Gasteiger partial charge is 0.345 e. The zero-order valence-corrected chi connectivity index (χ0v) is 12.7. The third-order valence-electron chi connectivity index (χ3n) is 2.90. The molecule has 2 amide bonds. The van der Waals surface area contributed by atoms with Crippen molar-refractivity contribution in [3.63, 3.8) is 0 Å². The molecule has 0 radical (unpaired) electrons. The van der Waals surface area contributed by atoms with Gasteiger partial charge in [0.25, 0.3) is 0 Å². The number of carbonyl (C=O) groups excluding carboxylic acids is 2. The summed E-state index contributed by atoms with van der Waals surface area (Å²) >= 11 is 0. The zero-order valence-electron chi connectivity index (χ0n) is 11.9. The van der Waals surface area contributed by atoms with Gasteiger partial charge in [0.1, 0.15) is 0 Å². The second-order valence-corrected chi connectivity index (χ2v) is 6.22. The summed E-state index contributed by atoms with van der Waals surface area (Å²) in [6.45, 7) is 3.82. The summed E-state index contributed by atoms with van der Waals surface area (Å²) in [5, 5.41) is 9.98. The molecule has 21 heavy (non-hydrogen) atoms. The Balaban J connectivity index is 2.56. The summed E-state index contributed by atoms with van der Waals surface area (Å²) in [4.78, 5) is 23.0. The first-order chi connectivity index (χ1) is 9.74. The van der Waals surface area contributed by atoms with Gasteiger partial charge in [-0.3, -0.25) is 9.59 Å². The molecule has 1 aromatic carbocycles. The molecular weight excluding hydrogens is 294 g/mol. The second-order valence-electron chi connectivity index (χ2n) is 4.65. The van der Waals surface area contributed by atoms with E-state index in [1.807, 2.05) is 6.92 Å². The predicted molar refractivity (Wildman–Crippen MR) is 77.6 cm³/mol. The molecule has 0 spiro atoms. The van der Waals surface area contributed by atoms with Crippen LogP contribution in [-0.2, 0) is 26.2 Å². The highest BCUT2D eigenvalue weighted by Crippen LogP contribution is 2.08. The molecular formula is C13H19N3O4S. The molecule has 0 heterocycles. The van der Waals surface area contributed by atoms with Crippen LogP contribution in [0.3, 0.4) is 0 Å². The van der Waals surface area contributed by atoms with E-state index >= 15 is 0 Å². The maximum atomic E-state index is 11.6. The first-order valence-electron chi connectivity index (χ1n) is 6.44. The van der Waals surface area contributed by atoms with Gasteiger partial charge in [0.15, 0.2) is 0 Å². The summed E-state index contributed by atoms with van der Waals surface area (Å²) < 4.78 is 22.2. The molecule has 8 heteroatoms. The maximum Gasteiger partial charge on any atom is 0.309 e. The molecule has 4 N–H and O–H groups in total. The summed E-state index contributed by atoms with van der Waals surface area (Å²) in [7, 11) is -3.73. The topological polar surface area (TPSA) is 118 Å². The average Bonchev–Trinajstić information content (AvgIpc) is 2.43. The fourth-order valence-electron chi connectivity index (χ4n) is 1.45. The number of amides is 2. The molecule has 1 rings (SSSR count). The molecule has 0 bridgehead atoms. The molecule has 0 aliphatic carbocycles. The highest BCUT2D eigenvalue weighted by molar-refractivity contribution is 7.89. The lowest BCUT2D eigenvalue weighted by Crippen LogP contribution is -2.43. The van der Waals surface area contributed by atoms with Crippen LogP contribution in [0.4, 0.5) is 0 Å². The lowest BCUT2D eigenvalue weighted by Gasteiger charge is -2.11. The minimum atomic E-state index is -3.73. The van der Waals surface area contributed by atoms with Crippen LogP contribution < -0.4 is 15.8 Å². The number of sulfonamides is 1. The van der Waals surface area contributed by atoms with Crippen molar-refractivity contribution in [3.8, 4) is 0 Å². The van der Waals surface area contributed by atoms with Crippen molar-refractivity contribution >= 4 is 21.8 Å². The molecule has 1 atom stereocenters. The number of hydrogen-bond acceptors (Lipinski definition) is 4. The second kappa shape index (κ2) is 7.19. The van der Waals surface area contributed by atoms with E-state index in [9.17, 15) is 18.0 Å². The number of nitrogens with two attached hydrogens (primary N) is 1. The minimum Gasteiger partial charge on any atom is -0.345 e. The Morgan fingerprint density at radius 2 is 1.76 bits per heavy atom. The summed E-state index contributed by atoms with van der Waals surface area (Å²) in [5.74, 6) is -1.42. The van der Waals surface area contributed by atoms with Gasteiger partial charge in [0.05, 0.1) is 4.90 Å². The number of carbonyl (C=O) groups is 2. The Morgan fingerprint density at radius 3 is 2.24 bits per heavy atom. The number of rotatable bonds is 5. The van der Waals surface area contributed by atoms with E-state index in [1.54, 1.807) is 6.92 Å². The van der Waals surface area contributed by atoms with Crippen LogP contribution in [0.1, 0.15) is 25.8 Å². The number of primary sulfonamides is 1. The first-order valence-corrected chi connectivity index (χ1v) is 7.99. The number of hydrogen-bond donors (Lipinski definition) is 3. The predicted octanol–water partition coefficient (Wildman–Crippen LogP) is -0.135. The van der Waals surface area contributed by atoms with E-state index in [0.717, 1.165) is 6.42 Å². The van der Waals surface area contributed by atoms with Crippen LogP contribution in [0.15, 0.2) is 29.2 Å². The molecule has 0 aliphatic rings. The number of nitrogens with one attached hydrogen (secondary N) is 2. The third-order valence-corrected chi connectivity index (χ3v) is 3.83. The fraction of sp³-hybridized carbons (Fsp3) is 0.385. The van der Waals surface area contributed by atoms with E-state index < -0.39 is 21.8 Å². The fourth-order valence-corrected chi connectivity index (χ4v) is 1.97. The van der Waals surface area contributed by atoms with E-state index in [-0.39, 0.29) is 17.5 Å². The van der Waals surface area contributed by atoms with Crippen LogP contribution in [0.2, 0.25) is 0 Å².